The predicted molar refractivity (Wildman–Crippen MR) is 126 cm³/mol. The number of rotatable bonds is 6. The number of H-pyrrole nitrogens is 1. The Morgan fingerprint density at radius 3 is 2.94 bits per heavy atom. The zero-order valence-electron chi connectivity index (χ0n) is 18.7. The molecule has 4 aromatic rings. The molecule has 8 heteroatoms. The number of aromatic amines is 1. The monoisotopic (exact) mass is 442 g/mol. The van der Waals surface area contributed by atoms with Crippen LogP contribution in [-0.2, 0) is 6.54 Å². The minimum absolute atomic E-state index is 0.00155. The van der Waals surface area contributed by atoms with Crippen LogP contribution in [-0.4, -0.2) is 51.2 Å². The summed E-state index contributed by atoms with van der Waals surface area (Å²) in [6.07, 6.45) is 2.65. The number of likely N-dealkylation sites (tertiary alicyclic amines) is 1. The van der Waals surface area contributed by atoms with Gasteiger partial charge < -0.3 is 15.0 Å². The van der Waals surface area contributed by atoms with Gasteiger partial charge in [0.25, 0.3) is 5.91 Å². The van der Waals surface area contributed by atoms with Crippen molar-refractivity contribution in [1.82, 2.24) is 25.1 Å². The summed E-state index contributed by atoms with van der Waals surface area (Å²) in [5, 5.41) is 11.7. The van der Waals surface area contributed by atoms with Crippen molar-refractivity contribution >= 4 is 22.8 Å². The molecule has 0 bridgehead atoms. The Balaban J connectivity index is 1.29. The van der Waals surface area contributed by atoms with E-state index < -0.39 is 0 Å². The standard InChI is InChI=1S/C25H26N6O2/c1-16-6-5-8-19(22(16)33-2)25(32)31-13-11-17(15-31)21-10-9-20-23(29-30-24(20)28-21)27-14-18-7-3-4-12-26-18/h3-10,12,17H,11,13-15H2,1-2H3,(H2,27,28,29,30). The van der Waals surface area contributed by atoms with Gasteiger partial charge in [-0.3, -0.25) is 14.9 Å². The topological polar surface area (TPSA) is 96.0 Å². The maximum atomic E-state index is 13.2. The first-order valence-electron chi connectivity index (χ1n) is 11.1. The fourth-order valence-electron chi connectivity index (χ4n) is 4.41. The van der Waals surface area contributed by atoms with Gasteiger partial charge in [-0.2, -0.15) is 5.10 Å². The number of benzene rings is 1. The molecule has 4 heterocycles. The zero-order chi connectivity index (χ0) is 22.8. The first-order valence-corrected chi connectivity index (χ1v) is 11.1. The molecule has 1 saturated heterocycles. The second-order valence-electron chi connectivity index (χ2n) is 8.27. The van der Waals surface area contributed by atoms with Crippen LogP contribution in [0.3, 0.4) is 0 Å². The minimum Gasteiger partial charge on any atom is -0.496 e. The molecule has 1 aromatic carbocycles. The Morgan fingerprint density at radius 2 is 2.12 bits per heavy atom. The van der Waals surface area contributed by atoms with Crippen molar-refractivity contribution in [2.45, 2.75) is 25.8 Å². The minimum atomic E-state index is 0.00155. The van der Waals surface area contributed by atoms with E-state index >= 15 is 0 Å². The van der Waals surface area contributed by atoms with Crippen molar-refractivity contribution in [3.8, 4) is 5.75 Å². The number of carbonyl (C=O) groups is 1. The number of aryl methyl sites for hydroxylation is 1. The summed E-state index contributed by atoms with van der Waals surface area (Å²) < 4.78 is 5.49. The van der Waals surface area contributed by atoms with Crippen molar-refractivity contribution in [2.24, 2.45) is 0 Å². The number of carbonyl (C=O) groups excluding carboxylic acids is 1. The average molecular weight is 443 g/mol. The summed E-state index contributed by atoms with van der Waals surface area (Å²) in [7, 11) is 1.61. The average Bonchev–Trinajstić information content (AvgIpc) is 3.50. The Morgan fingerprint density at radius 1 is 1.21 bits per heavy atom. The molecule has 0 radical (unpaired) electrons. The van der Waals surface area contributed by atoms with E-state index in [1.807, 2.05) is 60.4 Å². The first-order chi connectivity index (χ1) is 16.1. The molecule has 0 spiro atoms. The van der Waals surface area contributed by atoms with Crippen molar-refractivity contribution in [3.05, 3.63) is 77.2 Å². The molecular weight excluding hydrogens is 416 g/mol. The largest absolute Gasteiger partial charge is 0.496 e. The number of methoxy groups -OCH3 is 1. The van der Waals surface area contributed by atoms with Gasteiger partial charge in [0.1, 0.15) is 5.75 Å². The van der Waals surface area contributed by atoms with Crippen molar-refractivity contribution < 1.29 is 9.53 Å². The van der Waals surface area contributed by atoms with E-state index in [1.54, 1.807) is 13.3 Å². The normalized spacial score (nSPS) is 15.7. The lowest BCUT2D eigenvalue weighted by atomic mass is 10.0. The maximum absolute atomic E-state index is 13.2. The third-order valence-electron chi connectivity index (χ3n) is 6.15. The second kappa shape index (κ2) is 8.90. The van der Waals surface area contributed by atoms with Gasteiger partial charge in [-0.05, 0) is 49.2 Å². The summed E-state index contributed by atoms with van der Waals surface area (Å²) in [6.45, 7) is 3.86. The molecule has 0 saturated carbocycles. The lowest BCUT2D eigenvalue weighted by molar-refractivity contribution is 0.0787. The van der Waals surface area contributed by atoms with Gasteiger partial charge in [-0.1, -0.05) is 18.2 Å². The Hall–Kier alpha value is -3.94. The smallest absolute Gasteiger partial charge is 0.257 e. The molecule has 33 heavy (non-hydrogen) atoms. The summed E-state index contributed by atoms with van der Waals surface area (Å²) in [5.74, 6) is 1.59. The molecule has 1 aliphatic rings. The van der Waals surface area contributed by atoms with E-state index in [-0.39, 0.29) is 11.8 Å². The molecule has 1 fully saturated rings. The van der Waals surface area contributed by atoms with E-state index in [4.69, 9.17) is 9.72 Å². The quantitative estimate of drug-likeness (QED) is 0.470. The molecule has 5 rings (SSSR count). The van der Waals surface area contributed by atoms with Gasteiger partial charge in [-0.25, -0.2) is 4.98 Å². The molecule has 8 nitrogen and oxygen atoms in total. The Bertz CT molecular complexity index is 1290. The van der Waals surface area contributed by atoms with Crippen LogP contribution in [0.5, 0.6) is 5.75 Å². The lowest BCUT2D eigenvalue weighted by Crippen LogP contribution is -2.29. The second-order valence-corrected chi connectivity index (χ2v) is 8.27. The molecule has 0 aliphatic carbocycles. The van der Waals surface area contributed by atoms with Gasteiger partial charge in [0.2, 0.25) is 0 Å². The number of ether oxygens (including phenoxy) is 1. The highest BCUT2D eigenvalue weighted by Crippen LogP contribution is 2.31. The van der Waals surface area contributed by atoms with E-state index in [9.17, 15) is 4.79 Å². The molecule has 2 N–H and O–H groups in total. The van der Waals surface area contributed by atoms with Crippen LogP contribution >= 0.6 is 0 Å². The highest BCUT2D eigenvalue weighted by molar-refractivity contribution is 5.97. The maximum Gasteiger partial charge on any atom is 0.257 e. The van der Waals surface area contributed by atoms with Crippen LogP contribution in [0.15, 0.2) is 54.7 Å². The highest BCUT2D eigenvalue weighted by Gasteiger charge is 2.30. The summed E-state index contributed by atoms with van der Waals surface area (Å²) in [6, 6.07) is 15.6. The van der Waals surface area contributed by atoms with Gasteiger partial charge in [0, 0.05) is 30.9 Å². The molecule has 1 unspecified atom stereocenters. The molecule has 3 aromatic heterocycles. The van der Waals surface area contributed by atoms with Gasteiger partial charge in [-0.15, -0.1) is 0 Å². The molecule has 1 amide bonds. The van der Waals surface area contributed by atoms with Gasteiger partial charge >= 0.3 is 0 Å². The number of nitrogens with zero attached hydrogens (tertiary/aromatic N) is 4. The van der Waals surface area contributed by atoms with Gasteiger partial charge in [0.15, 0.2) is 11.5 Å². The molecule has 1 atom stereocenters. The predicted octanol–water partition coefficient (Wildman–Crippen LogP) is 3.91. The van der Waals surface area contributed by atoms with E-state index in [0.717, 1.165) is 40.2 Å². The molecule has 1 aliphatic heterocycles. The number of nitrogens with one attached hydrogen (secondary N) is 2. The third-order valence-corrected chi connectivity index (χ3v) is 6.15. The SMILES string of the molecule is COc1c(C)cccc1C(=O)N1CCC(c2ccc3c(NCc4ccccn4)n[nH]c3n2)C1. The van der Waals surface area contributed by atoms with Crippen LogP contribution in [0.25, 0.3) is 11.0 Å². The lowest BCUT2D eigenvalue weighted by Gasteiger charge is -2.19. The number of amides is 1. The van der Waals surface area contributed by atoms with Crippen molar-refractivity contribution in [2.75, 3.05) is 25.5 Å². The number of aromatic nitrogens is 4. The fourth-order valence-corrected chi connectivity index (χ4v) is 4.41. The number of anilines is 1. The summed E-state index contributed by atoms with van der Waals surface area (Å²) in [4.78, 5) is 24.2. The Labute approximate surface area is 192 Å². The number of pyridine rings is 2. The van der Waals surface area contributed by atoms with Crippen molar-refractivity contribution in [1.29, 1.82) is 0 Å². The molecule has 168 valence electrons. The van der Waals surface area contributed by atoms with Crippen LogP contribution in [0.1, 0.15) is 39.6 Å². The van der Waals surface area contributed by atoms with Gasteiger partial charge in [0.05, 0.1) is 30.3 Å². The first kappa shape index (κ1) is 20.9. The Kier molecular flexibility index (Phi) is 5.64. The highest BCUT2D eigenvalue weighted by atomic mass is 16.5. The molecular formula is C25H26N6O2. The van der Waals surface area contributed by atoms with E-state index in [2.05, 4.69) is 20.5 Å². The number of hydrogen-bond acceptors (Lipinski definition) is 6. The van der Waals surface area contributed by atoms with E-state index in [0.29, 0.717) is 30.9 Å². The van der Waals surface area contributed by atoms with Crippen LogP contribution < -0.4 is 10.1 Å². The number of hydrogen-bond donors (Lipinski definition) is 2. The number of para-hydroxylation sites is 1. The van der Waals surface area contributed by atoms with E-state index in [1.165, 1.54) is 0 Å². The zero-order valence-corrected chi connectivity index (χ0v) is 18.7. The summed E-state index contributed by atoms with van der Waals surface area (Å²) in [5.41, 5.74) is 4.21. The summed E-state index contributed by atoms with van der Waals surface area (Å²) >= 11 is 0. The fraction of sp³-hybridized carbons (Fsp3) is 0.280. The van der Waals surface area contributed by atoms with Crippen LogP contribution in [0, 0.1) is 6.92 Å². The van der Waals surface area contributed by atoms with Crippen molar-refractivity contribution in [3.63, 3.8) is 0 Å². The third kappa shape index (κ3) is 4.11. The van der Waals surface area contributed by atoms with Crippen LogP contribution in [0.4, 0.5) is 5.82 Å². The number of fused-ring (bicyclic) bond motifs is 1. The van der Waals surface area contributed by atoms with Crippen LogP contribution in [0.2, 0.25) is 0 Å².